The van der Waals surface area contributed by atoms with Gasteiger partial charge < -0.3 is 21.2 Å². The van der Waals surface area contributed by atoms with E-state index < -0.39 is 28.6 Å². The van der Waals surface area contributed by atoms with E-state index in [1.807, 2.05) is 6.92 Å². The zero-order valence-corrected chi connectivity index (χ0v) is 13.7. The van der Waals surface area contributed by atoms with Crippen LogP contribution in [0, 0.1) is 17.6 Å². The summed E-state index contributed by atoms with van der Waals surface area (Å²) in [6.45, 7) is 2.57. The van der Waals surface area contributed by atoms with Gasteiger partial charge in [0.25, 0.3) is 0 Å². The fourth-order valence-corrected chi connectivity index (χ4v) is 3.20. The number of aromatic carboxylic acids is 1. The molecule has 2 atom stereocenters. The number of carbonyl (C=O) groups is 1. The number of nitrogens with zero attached hydrogens (tertiary/aromatic N) is 2. The molecule has 0 amide bonds. The standard InChI is InChI=1S/C16H18F2N4O3/c1-7-4-21(6-11(7)19)14-10(17)3-8-13(12(14)18)22(20-2)5-9(15(8)23)16(24)25/h3,5,7,11,20H,4,6,19H2,1-2H3,(H,24,25). The summed E-state index contributed by atoms with van der Waals surface area (Å²) in [5, 5.41) is 8.78. The first kappa shape index (κ1) is 17.2. The molecule has 1 aromatic carbocycles. The van der Waals surface area contributed by atoms with Crippen molar-refractivity contribution in [3.63, 3.8) is 0 Å². The van der Waals surface area contributed by atoms with Crippen LogP contribution in [0.4, 0.5) is 14.5 Å². The second-order valence-corrected chi connectivity index (χ2v) is 6.23. The Hall–Kier alpha value is -2.68. The van der Waals surface area contributed by atoms with E-state index in [1.54, 1.807) is 0 Å². The molecule has 134 valence electrons. The molecule has 2 unspecified atom stereocenters. The third-order valence-corrected chi connectivity index (χ3v) is 4.61. The molecule has 1 aromatic heterocycles. The van der Waals surface area contributed by atoms with Gasteiger partial charge in [-0.05, 0) is 12.0 Å². The summed E-state index contributed by atoms with van der Waals surface area (Å²) in [5.41, 5.74) is 6.54. The van der Waals surface area contributed by atoms with Crippen molar-refractivity contribution in [1.82, 2.24) is 4.68 Å². The number of hydrogen-bond donors (Lipinski definition) is 3. The Morgan fingerprint density at radius 1 is 1.40 bits per heavy atom. The number of pyridine rings is 1. The lowest BCUT2D eigenvalue weighted by Crippen LogP contribution is -2.29. The number of fused-ring (bicyclic) bond motifs is 1. The maximum atomic E-state index is 15.1. The Bertz CT molecular complexity index is 918. The minimum absolute atomic E-state index is 0.0652. The lowest BCUT2D eigenvalue weighted by Gasteiger charge is -2.22. The van der Waals surface area contributed by atoms with Gasteiger partial charge in [0.1, 0.15) is 22.6 Å². The Kier molecular flexibility index (Phi) is 4.11. The molecule has 1 aliphatic rings. The predicted molar refractivity (Wildman–Crippen MR) is 89.7 cm³/mol. The Morgan fingerprint density at radius 3 is 2.60 bits per heavy atom. The molecule has 25 heavy (non-hydrogen) atoms. The number of rotatable bonds is 3. The minimum Gasteiger partial charge on any atom is -0.477 e. The van der Waals surface area contributed by atoms with Gasteiger partial charge in [-0.25, -0.2) is 13.6 Å². The molecule has 7 nitrogen and oxygen atoms in total. The van der Waals surface area contributed by atoms with Crippen LogP contribution in [0.25, 0.3) is 10.9 Å². The first-order valence-corrected chi connectivity index (χ1v) is 7.75. The van der Waals surface area contributed by atoms with E-state index in [0.29, 0.717) is 6.54 Å². The average Bonchev–Trinajstić information content (AvgIpc) is 2.86. The van der Waals surface area contributed by atoms with Gasteiger partial charge in [0.15, 0.2) is 5.82 Å². The fraction of sp³-hybridized carbons (Fsp3) is 0.375. The van der Waals surface area contributed by atoms with Gasteiger partial charge in [0.05, 0.1) is 5.39 Å². The summed E-state index contributed by atoms with van der Waals surface area (Å²) in [4.78, 5) is 25.0. The van der Waals surface area contributed by atoms with E-state index in [9.17, 15) is 14.0 Å². The third-order valence-electron chi connectivity index (χ3n) is 4.61. The van der Waals surface area contributed by atoms with Crippen LogP contribution >= 0.6 is 0 Å². The van der Waals surface area contributed by atoms with Crippen LogP contribution in [0.15, 0.2) is 17.1 Å². The molecule has 0 radical (unpaired) electrons. The highest BCUT2D eigenvalue weighted by Crippen LogP contribution is 2.32. The van der Waals surface area contributed by atoms with Crippen LogP contribution in [-0.4, -0.2) is 41.9 Å². The molecule has 0 saturated carbocycles. The minimum atomic E-state index is -1.47. The first-order valence-electron chi connectivity index (χ1n) is 7.75. The van der Waals surface area contributed by atoms with Gasteiger partial charge in [-0.1, -0.05) is 6.92 Å². The quantitative estimate of drug-likeness (QED) is 0.760. The molecule has 4 N–H and O–H groups in total. The Morgan fingerprint density at radius 2 is 2.08 bits per heavy atom. The van der Waals surface area contributed by atoms with Gasteiger partial charge in [-0.15, -0.1) is 0 Å². The van der Waals surface area contributed by atoms with Crippen molar-refractivity contribution in [2.45, 2.75) is 13.0 Å². The van der Waals surface area contributed by atoms with Crippen LogP contribution in [0.2, 0.25) is 0 Å². The number of halogens is 2. The van der Waals surface area contributed by atoms with Gasteiger partial charge >= 0.3 is 5.97 Å². The number of aromatic nitrogens is 1. The molecule has 1 aliphatic heterocycles. The molecule has 1 saturated heterocycles. The molecule has 0 aliphatic carbocycles. The first-order chi connectivity index (χ1) is 11.8. The van der Waals surface area contributed by atoms with Crippen molar-refractivity contribution in [2.75, 3.05) is 30.5 Å². The third kappa shape index (κ3) is 2.60. The number of benzene rings is 1. The molecule has 2 heterocycles. The average molecular weight is 352 g/mol. The smallest absolute Gasteiger partial charge is 0.341 e. The number of carboxylic acid groups (broad SMARTS) is 1. The summed E-state index contributed by atoms with van der Waals surface area (Å²) in [6, 6.07) is 0.667. The van der Waals surface area contributed by atoms with Gasteiger partial charge in [-0.3, -0.25) is 9.47 Å². The number of hydrogen-bond acceptors (Lipinski definition) is 5. The van der Waals surface area contributed by atoms with E-state index in [4.69, 9.17) is 10.8 Å². The largest absolute Gasteiger partial charge is 0.477 e. The van der Waals surface area contributed by atoms with Gasteiger partial charge in [-0.2, -0.15) is 0 Å². The second-order valence-electron chi connectivity index (χ2n) is 6.23. The van der Waals surface area contributed by atoms with E-state index >= 15 is 4.39 Å². The monoisotopic (exact) mass is 352 g/mol. The lowest BCUT2D eigenvalue weighted by atomic mass is 10.1. The Labute approximate surface area is 141 Å². The molecule has 0 spiro atoms. The highest BCUT2D eigenvalue weighted by molar-refractivity contribution is 5.94. The van der Waals surface area contributed by atoms with Crippen LogP contribution in [0.1, 0.15) is 17.3 Å². The number of anilines is 1. The summed E-state index contributed by atoms with van der Waals surface area (Å²) in [7, 11) is 1.44. The molecule has 3 rings (SSSR count). The van der Waals surface area contributed by atoms with Crippen molar-refractivity contribution in [2.24, 2.45) is 11.7 Å². The highest BCUT2D eigenvalue weighted by Gasteiger charge is 2.32. The normalized spacial score (nSPS) is 20.3. The van der Waals surface area contributed by atoms with E-state index in [0.717, 1.165) is 16.9 Å². The number of nitrogens with two attached hydrogens (primary N) is 1. The second kappa shape index (κ2) is 5.99. The molecule has 1 fully saturated rings. The maximum absolute atomic E-state index is 15.1. The van der Waals surface area contributed by atoms with Crippen LogP contribution in [0.3, 0.4) is 0 Å². The van der Waals surface area contributed by atoms with Crippen LogP contribution < -0.4 is 21.5 Å². The summed E-state index contributed by atoms with van der Waals surface area (Å²) in [5.74, 6) is -3.26. The number of carboxylic acids is 1. The van der Waals surface area contributed by atoms with Crippen molar-refractivity contribution < 1.29 is 18.7 Å². The molecular weight excluding hydrogens is 334 g/mol. The zero-order valence-electron chi connectivity index (χ0n) is 13.7. The molecule has 0 bridgehead atoms. The maximum Gasteiger partial charge on any atom is 0.341 e. The fourth-order valence-electron chi connectivity index (χ4n) is 3.20. The van der Waals surface area contributed by atoms with Gasteiger partial charge in [0.2, 0.25) is 5.43 Å². The van der Waals surface area contributed by atoms with E-state index in [2.05, 4.69) is 5.43 Å². The van der Waals surface area contributed by atoms with Crippen LogP contribution in [0.5, 0.6) is 0 Å². The van der Waals surface area contributed by atoms with Crippen molar-refractivity contribution in [1.29, 1.82) is 0 Å². The highest BCUT2D eigenvalue weighted by atomic mass is 19.1. The van der Waals surface area contributed by atoms with Crippen LogP contribution in [-0.2, 0) is 0 Å². The summed E-state index contributed by atoms with van der Waals surface area (Å²) < 4.78 is 30.8. The number of nitrogens with one attached hydrogen (secondary N) is 1. The van der Waals surface area contributed by atoms with Crippen molar-refractivity contribution in [3.05, 3.63) is 39.7 Å². The molecule has 9 heteroatoms. The van der Waals surface area contributed by atoms with E-state index in [1.165, 1.54) is 11.9 Å². The zero-order chi connectivity index (χ0) is 18.5. The summed E-state index contributed by atoms with van der Waals surface area (Å²) in [6.07, 6.45) is 0.982. The van der Waals surface area contributed by atoms with Gasteiger partial charge in [0, 0.05) is 32.4 Å². The Balaban J connectivity index is 2.32. The van der Waals surface area contributed by atoms with Crippen molar-refractivity contribution in [3.8, 4) is 0 Å². The lowest BCUT2D eigenvalue weighted by molar-refractivity contribution is 0.0695. The molecular formula is C16H18F2N4O3. The summed E-state index contributed by atoms with van der Waals surface area (Å²) >= 11 is 0. The van der Waals surface area contributed by atoms with Crippen molar-refractivity contribution >= 4 is 22.6 Å². The SMILES string of the molecule is CNn1cc(C(=O)O)c(=O)c2cc(F)c(N3CC(C)C(N)C3)c(F)c21. The van der Waals surface area contributed by atoms with E-state index in [-0.39, 0.29) is 35.1 Å². The predicted octanol–water partition coefficient (Wildman–Crippen LogP) is 0.935. The topological polar surface area (TPSA) is 101 Å². The molecule has 2 aromatic rings.